The van der Waals surface area contributed by atoms with E-state index in [2.05, 4.69) is 38.1 Å². The maximum atomic E-state index is 11.3. The summed E-state index contributed by atoms with van der Waals surface area (Å²) >= 11 is 3.17. The molecular weight excluding hydrogens is 274 g/mol. The maximum absolute atomic E-state index is 11.3. The van der Waals surface area contributed by atoms with Gasteiger partial charge in [0.05, 0.1) is 6.33 Å². The molecule has 1 atom stereocenters. The minimum atomic E-state index is -0.201. The van der Waals surface area contributed by atoms with Crippen LogP contribution in [0.25, 0.3) is 0 Å². The fourth-order valence-electron chi connectivity index (χ4n) is 1.38. The largest absolute Gasteiger partial charge is 0.396 e. The molecule has 0 aliphatic rings. The molecule has 5 nitrogen and oxygen atoms in total. The Balaban J connectivity index is 2.60. The van der Waals surface area contributed by atoms with Crippen LogP contribution in [0.2, 0.25) is 0 Å². The van der Waals surface area contributed by atoms with Crippen molar-refractivity contribution in [1.29, 1.82) is 0 Å². The number of nitrogens with zero attached hydrogens (tertiary/aromatic N) is 1. The van der Waals surface area contributed by atoms with E-state index in [1.165, 1.54) is 6.33 Å². The number of H-pyrrole nitrogens is 1. The van der Waals surface area contributed by atoms with Gasteiger partial charge in [-0.3, -0.25) is 4.79 Å². The molecule has 1 rings (SSSR count). The standard InChI is InChI=1S/C10H16BrN3O2/c1-2-7(3-4-15)5-12-9-8(11)10(16)14-6-13-9/h6-7,15H,2-5H2,1H3,(H2,12,13,14,16). The number of aliphatic hydroxyl groups is 1. The van der Waals surface area contributed by atoms with Gasteiger partial charge < -0.3 is 15.4 Å². The van der Waals surface area contributed by atoms with E-state index in [0.29, 0.717) is 22.8 Å². The molecule has 1 aromatic rings. The van der Waals surface area contributed by atoms with Crippen LogP contribution in [0, 0.1) is 5.92 Å². The lowest BCUT2D eigenvalue weighted by atomic mass is 10.0. The Morgan fingerprint density at radius 3 is 3.06 bits per heavy atom. The van der Waals surface area contributed by atoms with Gasteiger partial charge in [-0.1, -0.05) is 13.3 Å². The molecule has 0 saturated carbocycles. The Morgan fingerprint density at radius 1 is 1.69 bits per heavy atom. The number of rotatable bonds is 6. The number of anilines is 1. The summed E-state index contributed by atoms with van der Waals surface area (Å²) in [7, 11) is 0. The highest BCUT2D eigenvalue weighted by atomic mass is 79.9. The third-order valence-electron chi connectivity index (χ3n) is 2.47. The maximum Gasteiger partial charge on any atom is 0.267 e. The summed E-state index contributed by atoms with van der Waals surface area (Å²) in [5.41, 5.74) is -0.201. The predicted molar refractivity (Wildman–Crippen MR) is 66.5 cm³/mol. The van der Waals surface area contributed by atoms with Crippen molar-refractivity contribution in [3.8, 4) is 0 Å². The Labute approximate surface area is 102 Å². The molecular formula is C10H16BrN3O2. The monoisotopic (exact) mass is 289 g/mol. The van der Waals surface area contributed by atoms with E-state index in [-0.39, 0.29) is 12.2 Å². The summed E-state index contributed by atoms with van der Waals surface area (Å²) in [6, 6.07) is 0. The zero-order valence-electron chi connectivity index (χ0n) is 9.16. The van der Waals surface area contributed by atoms with Crippen molar-refractivity contribution < 1.29 is 5.11 Å². The average molecular weight is 290 g/mol. The van der Waals surface area contributed by atoms with Crippen LogP contribution < -0.4 is 10.9 Å². The average Bonchev–Trinajstić information content (AvgIpc) is 2.29. The molecule has 3 N–H and O–H groups in total. The van der Waals surface area contributed by atoms with Gasteiger partial charge in [0.25, 0.3) is 5.56 Å². The van der Waals surface area contributed by atoms with Gasteiger partial charge in [-0.2, -0.15) is 0 Å². The lowest BCUT2D eigenvalue weighted by Crippen LogP contribution is -2.18. The minimum absolute atomic E-state index is 0.185. The van der Waals surface area contributed by atoms with Crippen molar-refractivity contribution >= 4 is 21.7 Å². The van der Waals surface area contributed by atoms with Crippen LogP contribution in [0.3, 0.4) is 0 Å². The molecule has 0 radical (unpaired) electrons. The molecule has 0 bridgehead atoms. The number of aliphatic hydroxyl groups excluding tert-OH is 1. The van der Waals surface area contributed by atoms with Gasteiger partial charge in [0.2, 0.25) is 0 Å². The highest BCUT2D eigenvalue weighted by molar-refractivity contribution is 9.10. The molecule has 0 amide bonds. The van der Waals surface area contributed by atoms with Crippen LogP contribution >= 0.6 is 15.9 Å². The summed E-state index contributed by atoms with van der Waals surface area (Å²) in [4.78, 5) is 17.8. The van der Waals surface area contributed by atoms with Crippen LogP contribution in [0.1, 0.15) is 19.8 Å². The van der Waals surface area contributed by atoms with Crippen molar-refractivity contribution in [2.75, 3.05) is 18.5 Å². The van der Waals surface area contributed by atoms with E-state index < -0.39 is 0 Å². The first-order valence-corrected chi connectivity index (χ1v) is 6.06. The van der Waals surface area contributed by atoms with E-state index in [0.717, 1.165) is 12.8 Å². The second kappa shape index (κ2) is 6.65. The molecule has 6 heteroatoms. The van der Waals surface area contributed by atoms with Crippen molar-refractivity contribution in [2.24, 2.45) is 5.92 Å². The molecule has 1 unspecified atom stereocenters. The molecule has 16 heavy (non-hydrogen) atoms. The Bertz CT molecular complexity index is 381. The Morgan fingerprint density at radius 2 is 2.44 bits per heavy atom. The molecule has 90 valence electrons. The third kappa shape index (κ3) is 3.61. The Hall–Kier alpha value is -0.880. The second-order valence-electron chi connectivity index (χ2n) is 3.56. The number of nitrogens with one attached hydrogen (secondary N) is 2. The number of hydrogen-bond donors (Lipinski definition) is 3. The third-order valence-corrected chi connectivity index (χ3v) is 3.21. The molecule has 0 aliphatic heterocycles. The molecule has 0 aliphatic carbocycles. The predicted octanol–water partition coefficient (Wildman–Crippen LogP) is 1.35. The van der Waals surface area contributed by atoms with Crippen LogP contribution in [-0.4, -0.2) is 28.2 Å². The van der Waals surface area contributed by atoms with E-state index in [4.69, 9.17) is 5.11 Å². The van der Waals surface area contributed by atoms with E-state index >= 15 is 0 Å². The van der Waals surface area contributed by atoms with Gasteiger partial charge in [-0.15, -0.1) is 0 Å². The minimum Gasteiger partial charge on any atom is -0.396 e. The molecule has 0 fully saturated rings. The summed E-state index contributed by atoms with van der Waals surface area (Å²) in [5.74, 6) is 0.929. The lowest BCUT2D eigenvalue weighted by molar-refractivity contribution is 0.258. The second-order valence-corrected chi connectivity index (χ2v) is 4.35. The van der Waals surface area contributed by atoms with Crippen LogP contribution in [0.15, 0.2) is 15.6 Å². The molecule has 0 spiro atoms. The van der Waals surface area contributed by atoms with Crippen LogP contribution in [-0.2, 0) is 0 Å². The summed E-state index contributed by atoms with van der Waals surface area (Å²) in [6.45, 7) is 2.96. The zero-order valence-corrected chi connectivity index (χ0v) is 10.7. The fourth-order valence-corrected chi connectivity index (χ4v) is 1.74. The van der Waals surface area contributed by atoms with E-state index in [9.17, 15) is 4.79 Å². The topological polar surface area (TPSA) is 78.0 Å². The highest BCUT2D eigenvalue weighted by Gasteiger charge is 2.08. The first-order valence-electron chi connectivity index (χ1n) is 5.27. The number of aromatic nitrogens is 2. The summed E-state index contributed by atoms with van der Waals surface area (Å²) in [5, 5.41) is 12.0. The van der Waals surface area contributed by atoms with Gasteiger partial charge in [0.15, 0.2) is 0 Å². The van der Waals surface area contributed by atoms with Gasteiger partial charge >= 0.3 is 0 Å². The van der Waals surface area contributed by atoms with Crippen molar-refractivity contribution in [3.63, 3.8) is 0 Å². The van der Waals surface area contributed by atoms with Gasteiger partial charge in [0, 0.05) is 13.2 Å². The molecule has 1 heterocycles. The Kier molecular flexibility index (Phi) is 5.48. The highest BCUT2D eigenvalue weighted by Crippen LogP contribution is 2.15. The lowest BCUT2D eigenvalue weighted by Gasteiger charge is -2.14. The molecule has 0 saturated heterocycles. The van der Waals surface area contributed by atoms with Crippen molar-refractivity contribution in [2.45, 2.75) is 19.8 Å². The first kappa shape index (κ1) is 13.2. The van der Waals surface area contributed by atoms with Crippen molar-refractivity contribution in [1.82, 2.24) is 9.97 Å². The SMILES string of the molecule is CCC(CCO)CNc1nc[nH]c(=O)c1Br. The first-order chi connectivity index (χ1) is 7.69. The zero-order chi connectivity index (χ0) is 12.0. The molecule has 0 aromatic carbocycles. The van der Waals surface area contributed by atoms with Gasteiger partial charge in [-0.05, 0) is 28.3 Å². The quantitative estimate of drug-likeness (QED) is 0.739. The van der Waals surface area contributed by atoms with Gasteiger partial charge in [-0.25, -0.2) is 4.98 Å². The number of aromatic amines is 1. The number of halogens is 1. The number of hydrogen-bond acceptors (Lipinski definition) is 4. The van der Waals surface area contributed by atoms with E-state index in [1.807, 2.05) is 0 Å². The smallest absolute Gasteiger partial charge is 0.267 e. The fraction of sp³-hybridized carbons (Fsp3) is 0.600. The van der Waals surface area contributed by atoms with Crippen LogP contribution in [0.5, 0.6) is 0 Å². The molecule has 1 aromatic heterocycles. The van der Waals surface area contributed by atoms with Gasteiger partial charge in [0.1, 0.15) is 10.3 Å². The van der Waals surface area contributed by atoms with E-state index in [1.54, 1.807) is 0 Å². The van der Waals surface area contributed by atoms with Crippen LogP contribution in [0.4, 0.5) is 5.82 Å². The normalized spacial score (nSPS) is 12.4. The van der Waals surface area contributed by atoms with Crippen molar-refractivity contribution in [3.05, 3.63) is 21.2 Å². The summed E-state index contributed by atoms with van der Waals surface area (Å²) < 4.78 is 0.411. The summed E-state index contributed by atoms with van der Waals surface area (Å²) in [6.07, 6.45) is 3.10.